The Bertz CT molecular complexity index is 478. The maximum Gasteiger partial charge on any atom is 0.112 e. The van der Waals surface area contributed by atoms with Crippen LogP contribution in [0, 0.1) is 0 Å². The minimum Gasteiger partial charge on any atom is -0.376 e. The normalized spacial score (nSPS) is 14.1. The topological polar surface area (TPSA) is 42.7 Å². The zero-order valence-electron chi connectivity index (χ0n) is 9.23. The van der Waals surface area contributed by atoms with Crippen LogP contribution < -0.4 is 5.32 Å². The molecule has 84 valence electrons. The number of anilines is 1. The molecule has 0 aliphatic heterocycles. The third-order valence-corrected chi connectivity index (χ3v) is 3.95. The SMILES string of the molecule is Cn1cc(NCc2nc3c(s2)CCC3)cn1. The predicted molar refractivity (Wildman–Crippen MR) is 64.7 cm³/mol. The summed E-state index contributed by atoms with van der Waals surface area (Å²) in [6.45, 7) is 0.809. The number of fused-ring (bicyclic) bond motifs is 1. The molecule has 1 aliphatic carbocycles. The fourth-order valence-corrected chi connectivity index (χ4v) is 3.11. The summed E-state index contributed by atoms with van der Waals surface area (Å²) in [5.41, 5.74) is 2.38. The Hall–Kier alpha value is -1.36. The van der Waals surface area contributed by atoms with Crippen LogP contribution >= 0.6 is 11.3 Å². The van der Waals surface area contributed by atoms with Gasteiger partial charge in [0.25, 0.3) is 0 Å². The summed E-state index contributed by atoms with van der Waals surface area (Å²) in [5.74, 6) is 0. The molecule has 0 spiro atoms. The third-order valence-electron chi connectivity index (χ3n) is 2.79. The molecule has 0 aromatic carbocycles. The lowest BCUT2D eigenvalue weighted by atomic mass is 10.4. The van der Waals surface area contributed by atoms with Crippen molar-refractivity contribution >= 4 is 17.0 Å². The summed E-state index contributed by atoms with van der Waals surface area (Å²) in [6, 6.07) is 0. The van der Waals surface area contributed by atoms with Crippen molar-refractivity contribution in [2.45, 2.75) is 25.8 Å². The predicted octanol–water partition coefficient (Wildman–Crippen LogP) is 1.98. The number of aromatic nitrogens is 3. The van der Waals surface area contributed by atoms with Gasteiger partial charge in [-0.15, -0.1) is 11.3 Å². The van der Waals surface area contributed by atoms with E-state index in [1.165, 1.54) is 34.8 Å². The molecule has 0 fully saturated rings. The molecule has 0 atom stereocenters. The number of aryl methyl sites for hydroxylation is 3. The van der Waals surface area contributed by atoms with Crippen LogP contribution in [0.4, 0.5) is 5.69 Å². The van der Waals surface area contributed by atoms with Gasteiger partial charge in [0.1, 0.15) is 5.01 Å². The highest BCUT2D eigenvalue weighted by molar-refractivity contribution is 7.11. The van der Waals surface area contributed by atoms with Crippen LogP contribution in [0.15, 0.2) is 12.4 Å². The van der Waals surface area contributed by atoms with Crippen molar-refractivity contribution in [3.05, 3.63) is 28.0 Å². The molecule has 16 heavy (non-hydrogen) atoms. The molecule has 0 saturated heterocycles. The van der Waals surface area contributed by atoms with Gasteiger partial charge < -0.3 is 5.32 Å². The first-order valence-electron chi connectivity index (χ1n) is 5.51. The fraction of sp³-hybridized carbons (Fsp3) is 0.455. The zero-order chi connectivity index (χ0) is 11.0. The van der Waals surface area contributed by atoms with Gasteiger partial charge in [-0.3, -0.25) is 4.68 Å². The zero-order valence-corrected chi connectivity index (χ0v) is 10.0. The maximum absolute atomic E-state index is 4.64. The van der Waals surface area contributed by atoms with Gasteiger partial charge in [0.05, 0.1) is 24.1 Å². The van der Waals surface area contributed by atoms with Crippen LogP contribution in [0.1, 0.15) is 22.0 Å². The monoisotopic (exact) mass is 234 g/mol. The number of nitrogens with zero attached hydrogens (tertiary/aromatic N) is 3. The highest BCUT2D eigenvalue weighted by Gasteiger charge is 2.16. The Kier molecular flexibility index (Phi) is 2.40. The van der Waals surface area contributed by atoms with Crippen molar-refractivity contribution < 1.29 is 0 Å². The smallest absolute Gasteiger partial charge is 0.112 e. The second-order valence-corrected chi connectivity index (χ2v) is 5.26. The number of hydrogen-bond donors (Lipinski definition) is 1. The summed E-state index contributed by atoms with van der Waals surface area (Å²) in [7, 11) is 1.92. The largest absolute Gasteiger partial charge is 0.376 e. The Morgan fingerprint density at radius 1 is 1.50 bits per heavy atom. The summed E-state index contributed by atoms with van der Waals surface area (Å²) < 4.78 is 1.80. The van der Waals surface area contributed by atoms with Crippen molar-refractivity contribution in [2.75, 3.05) is 5.32 Å². The van der Waals surface area contributed by atoms with Gasteiger partial charge in [-0.1, -0.05) is 0 Å². The van der Waals surface area contributed by atoms with Gasteiger partial charge in [-0.2, -0.15) is 5.10 Å². The van der Waals surface area contributed by atoms with Crippen LogP contribution in [0.25, 0.3) is 0 Å². The first-order valence-corrected chi connectivity index (χ1v) is 6.33. The van der Waals surface area contributed by atoms with E-state index < -0.39 is 0 Å². The fourth-order valence-electron chi connectivity index (χ4n) is 2.01. The Labute approximate surface area is 98.3 Å². The van der Waals surface area contributed by atoms with Crippen LogP contribution in [0.2, 0.25) is 0 Å². The standard InChI is InChI=1S/C11H14N4S/c1-15-7-8(5-13-15)12-6-11-14-9-3-2-4-10(9)16-11/h5,7,12H,2-4,6H2,1H3. The second kappa shape index (κ2) is 3.90. The molecule has 4 nitrogen and oxygen atoms in total. The van der Waals surface area contributed by atoms with E-state index in [0.29, 0.717) is 0 Å². The van der Waals surface area contributed by atoms with Crippen molar-refractivity contribution in [2.24, 2.45) is 7.05 Å². The third kappa shape index (κ3) is 1.82. The van der Waals surface area contributed by atoms with E-state index >= 15 is 0 Å². The maximum atomic E-state index is 4.64. The minimum atomic E-state index is 0.809. The highest BCUT2D eigenvalue weighted by Crippen LogP contribution is 2.27. The molecule has 3 rings (SSSR count). The van der Waals surface area contributed by atoms with Crippen LogP contribution in [0.5, 0.6) is 0 Å². The lowest BCUT2D eigenvalue weighted by molar-refractivity contribution is 0.768. The molecule has 1 aliphatic rings. The molecule has 0 unspecified atom stereocenters. The molecule has 2 heterocycles. The molecular weight excluding hydrogens is 220 g/mol. The molecule has 2 aromatic rings. The molecule has 1 N–H and O–H groups in total. The van der Waals surface area contributed by atoms with E-state index in [2.05, 4.69) is 15.4 Å². The van der Waals surface area contributed by atoms with Gasteiger partial charge >= 0.3 is 0 Å². The molecule has 0 amide bonds. The van der Waals surface area contributed by atoms with E-state index in [1.54, 1.807) is 4.68 Å². The number of nitrogens with one attached hydrogen (secondary N) is 1. The first-order chi connectivity index (χ1) is 7.81. The molecule has 5 heteroatoms. The van der Waals surface area contributed by atoms with Crippen molar-refractivity contribution in [1.29, 1.82) is 0 Å². The van der Waals surface area contributed by atoms with Crippen molar-refractivity contribution in [1.82, 2.24) is 14.8 Å². The van der Waals surface area contributed by atoms with Gasteiger partial charge in [0.15, 0.2) is 0 Å². The van der Waals surface area contributed by atoms with Crippen LogP contribution in [-0.2, 0) is 26.4 Å². The van der Waals surface area contributed by atoms with E-state index in [9.17, 15) is 0 Å². The number of thiazole rings is 1. The number of hydrogen-bond acceptors (Lipinski definition) is 4. The van der Waals surface area contributed by atoms with Crippen LogP contribution in [0.3, 0.4) is 0 Å². The average Bonchev–Trinajstić information content (AvgIpc) is 2.89. The summed E-state index contributed by atoms with van der Waals surface area (Å²) >= 11 is 1.85. The Morgan fingerprint density at radius 3 is 3.19 bits per heavy atom. The van der Waals surface area contributed by atoms with Crippen molar-refractivity contribution in [3.63, 3.8) is 0 Å². The second-order valence-electron chi connectivity index (χ2n) is 4.09. The Morgan fingerprint density at radius 2 is 2.44 bits per heavy atom. The quantitative estimate of drug-likeness (QED) is 0.883. The van der Waals surface area contributed by atoms with Crippen molar-refractivity contribution in [3.8, 4) is 0 Å². The summed E-state index contributed by atoms with van der Waals surface area (Å²) in [6.07, 6.45) is 7.48. The van der Waals surface area contributed by atoms with E-state index in [1.807, 2.05) is 30.8 Å². The molecule has 0 radical (unpaired) electrons. The first kappa shape index (κ1) is 9.84. The van der Waals surface area contributed by atoms with Gasteiger partial charge in [-0.25, -0.2) is 4.98 Å². The highest BCUT2D eigenvalue weighted by atomic mass is 32.1. The van der Waals surface area contributed by atoms with E-state index in [-0.39, 0.29) is 0 Å². The van der Waals surface area contributed by atoms with E-state index in [0.717, 1.165) is 12.2 Å². The lowest BCUT2D eigenvalue weighted by Gasteiger charge is -1.99. The summed E-state index contributed by atoms with van der Waals surface area (Å²) in [4.78, 5) is 6.13. The van der Waals surface area contributed by atoms with Gasteiger partial charge in [0, 0.05) is 18.1 Å². The molecule has 2 aromatic heterocycles. The molecular formula is C11H14N4S. The molecule has 0 saturated carbocycles. The van der Waals surface area contributed by atoms with E-state index in [4.69, 9.17) is 0 Å². The average molecular weight is 234 g/mol. The lowest BCUT2D eigenvalue weighted by Crippen LogP contribution is -1.98. The van der Waals surface area contributed by atoms with Gasteiger partial charge in [-0.05, 0) is 19.3 Å². The van der Waals surface area contributed by atoms with Gasteiger partial charge in [0.2, 0.25) is 0 Å². The summed E-state index contributed by atoms with van der Waals surface area (Å²) in [5, 5.41) is 8.64. The number of rotatable bonds is 3. The minimum absolute atomic E-state index is 0.809. The Balaban J connectivity index is 1.66. The molecule has 0 bridgehead atoms. The van der Waals surface area contributed by atoms with Crippen LogP contribution in [-0.4, -0.2) is 14.8 Å².